The van der Waals surface area contributed by atoms with Gasteiger partial charge in [-0.2, -0.15) is 13.2 Å². The fourth-order valence-electron chi connectivity index (χ4n) is 1.93. The summed E-state index contributed by atoms with van der Waals surface area (Å²) in [6.45, 7) is 1.05. The van der Waals surface area contributed by atoms with Gasteiger partial charge in [0, 0.05) is 12.3 Å². The molecule has 0 fully saturated rings. The summed E-state index contributed by atoms with van der Waals surface area (Å²) in [7, 11) is 0. The van der Waals surface area contributed by atoms with E-state index in [2.05, 4.69) is 4.98 Å². The van der Waals surface area contributed by atoms with Gasteiger partial charge in [0.05, 0.1) is 21.7 Å². The molecule has 0 saturated heterocycles. The van der Waals surface area contributed by atoms with Crippen LogP contribution >= 0.6 is 0 Å². The first-order valence-corrected chi connectivity index (χ1v) is 6.18. The molecule has 1 aromatic heterocycles. The molecule has 0 radical (unpaired) electrons. The Morgan fingerprint density at radius 1 is 1.27 bits per heavy atom. The zero-order valence-electron chi connectivity index (χ0n) is 11.4. The van der Waals surface area contributed by atoms with Gasteiger partial charge in [0.15, 0.2) is 0 Å². The predicted octanol–water partition coefficient (Wildman–Crippen LogP) is 3.90. The van der Waals surface area contributed by atoms with Gasteiger partial charge in [-0.3, -0.25) is 15.1 Å². The molecule has 0 unspecified atom stereocenters. The number of alkyl halides is 3. The molecule has 0 aliphatic rings. The third-order valence-corrected chi connectivity index (χ3v) is 2.98. The summed E-state index contributed by atoms with van der Waals surface area (Å²) in [6, 6.07) is 5.91. The van der Waals surface area contributed by atoms with Crippen molar-refractivity contribution >= 4 is 5.69 Å². The number of pyridine rings is 1. The van der Waals surface area contributed by atoms with Gasteiger partial charge in [0.1, 0.15) is 12.4 Å². The minimum absolute atomic E-state index is 0.272. The topological polar surface area (TPSA) is 65.3 Å². The normalized spacial score (nSPS) is 11.3. The Labute approximate surface area is 123 Å². The van der Waals surface area contributed by atoms with Gasteiger partial charge in [0.25, 0.3) is 5.69 Å². The summed E-state index contributed by atoms with van der Waals surface area (Å²) in [5.74, 6) is 0.272. The lowest BCUT2D eigenvalue weighted by Crippen LogP contribution is -2.13. The van der Waals surface area contributed by atoms with Crippen LogP contribution in [-0.2, 0) is 12.8 Å². The summed E-state index contributed by atoms with van der Waals surface area (Å²) in [5, 5.41) is 10.9. The van der Waals surface area contributed by atoms with Crippen molar-refractivity contribution < 1.29 is 22.8 Å². The van der Waals surface area contributed by atoms with Crippen LogP contribution < -0.4 is 4.74 Å². The van der Waals surface area contributed by atoms with E-state index in [-0.39, 0.29) is 5.75 Å². The highest BCUT2D eigenvalue weighted by molar-refractivity contribution is 5.46. The van der Waals surface area contributed by atoms with Crippen LogP contribution in [-0.4, -0.2) is 9.91 Å². The Kier molecular flexibility index (Phi) is 4.30. The smallest absolute Gasteiger partial charge is 0.417 e. The van der Waals surface area contributed by atoms with E-state index in [1.54, 1.807) is 13.0 Å². The lowest BCUT2D eigenvalue weighted by Gasteiger charge is -2.14. The minimum atomic E-state index is -4.70. The third-order valence-electron chi connectivity index (χ3n) is 2.98. The van der Waals surface area contributed by atoms with Crippen LogP contribution in [0.2, 0.25) is 0 Å². The third kappa shape index (κ3) is 3.33. The van der Waals surface area contributed by atoms with Gasteiger partial charge in [0.2, 0.25) is 0 Å². The molecule has 0 N–H and O–H groups in total. The largest absolute Gasteiger partial charge is 0.487 e. The van der Waals surface area contributed by atoms with E-state index in [1.165, 1.54) is 12.3 Å². The first kappa shape index (κ1) is 15.7. The van der Waals surface area contributed by atoms with Crippen molar-refractivity contribution in [2.75, 3.05) is 0 Å². The number of ether oxygens (including phenoxy) is 1. The lowest BCUT2D eigenvalue weighted by molar-refractivity contribution is -0.386. The molecule has 0 aliphatic heterocycles. The van der Waals surface area contributed by atoms with Crippen molar-refractivity contribution in [1.82, 2.24) is 4.98 Å². The molecule has 0 bridgehead atoms. The fourth-order valence-corrected chi connectivity index (χ4v) is 1.93. The summed E-state index contributed by atoms with van der Waals surface area (Å²) in [5.41, 5.74) is -1.74. The number of aryl methyl sites for hydroxylation is 1. The molecule has 0 amide bonds. The Hall–Kier alpha value is -2.64. The maximum Gasteiger partial charge on any atom is 0.417 e. The molecule has 0 aliphatic carbocycles. The highest BCUT2D eigenvalue weighted by Gasteiger charge is 2.36. The molecule has 1 heterocycles. The second-order valence-electron chi connectivity index (χ2n) is 4.43. The first-order valence-electron chi connectivity index (χ1n) is 6.18. The number of nitro benzene ring substituents is 1. The number of aromatic nitrogens is 1. The number of nitro groups is 1. The van der Waals surface area contributed by atoms with E-state index in [1.807, 2.05) is 0 Å². The van der Waals surface area contributed by atoms with Crippen molar-refractivity contribution in [3.63, 3.8) is 0 Å². The minimum Gasteiger partial charge on any atom is -0.487 e. The van der Waals surface area contributed by atoms with E-state index >= 15 is 0 Å². The Bertz CT molecular complexity index is 702. The predicted molar refractivity (Wildman–Crippen MR) is 71.4 cm³/mol. The van der Waals surface area contributed by atoms with E-state index in [9.17, 15) is 23.3 Å². The Balaban J connectivity index is 2.40. The quantitative estimate of drug-likeness (QED) is 0.634. The van der Waals surface area contributed by atoms with Crippen molar-refractivity contribution in [2.45, 2.75) is 19.7 Å². The van der Waals surface area contributed by atoms with Crippen molar-refractivity contribution in [3.05, 3.63) is 63.5 Å². The summed E-state index contributed by atoms with van der Waals surface area (Å²) < 4.78 is 44.3. The summed E-state index contributed by atoms with van der Waals surface area (Å²) >= 11 is 0. The summed E-state index contributed by atoms with van der Waals surface area (Å²) in [6.07, 6.45) is -3.19. The Morgan fingerprint density at radius 3 is 2.59 bits per heavy atom. The monoisotopic (exact) mass is 312 g/mol. The highest BCUT2D eigenvalue weighted by atomic mass is 19.4. The highest BCUT2D eigenvalue weighted by Crippen LogP contribution is 2.36. The van der Waals surface area contributed by atoms with E-state index < -0.39 is 34.5 Å². The van der Waals surface area contributed by atoms with E-state index in [0.717, 1.165) is 18.2 Å². The fraction of sp³-hybridized carbons (Fsp3) is 0.214. The zero-order chi connectivity index (χ0) is 16.3. The number of hydrogen-bond donors (Lipinski definition) is 0. The van der Waals surface area contributed by atoms with Crippen molar-refractivity contribution in [1.29, 1.82) is 0 Å². The molecular formula is C14H11F3N2O3. The zero-order valence-corrected chi connectivity index (χ0v) is 11.4. The number of rotatable bonds is 4. The average Bonchev–Trinajstić information content (AvgIpc) is 2.45. The molecule has 2 rings (SSSR count). The van der Waals surface area contributed by atoms with Gasteiger partial charge in [-0.15, -0.1) is 0 Å². The lowest BCUT2D eigenvalue weighted by atomic mass is 10.1. The van der Waals surface area contributed by atoms with Crippen molar-refractivity contribution in [2.24, 2.45) is 0 Å². The number of hydrogen-bond acceptors (Lipinski definition) is 4. The van der Waals surface area contributed by atoms with Crippen LogP contribution in [0.3, 0.4) is 0 Å². The van der Waals surface area contributed by atoms with E-state index in [4.69, 9.17) is 4.74 Å². The maximum absolute atomic E-state index is 13.0. The standard InChI is InChI=1S/C14H11F3N2O3/c1-9-13(6-3-7-18-9)22-8-10-11(14(15,16)17)4-2-5-12(10)19(20)21/h2-7H,8H2,1H3. The average molecular weight is 312 g/mol. The van der Waals surface area contributed by atoms with Crippen molar-refractivity contribution in [3.8, 4) is 5.75 Å². The van der Waals surface area contributed by atoms with Crippen LogP contribution in [0.15, 0.2) is 36.5 Å². The van der Waals surface area contributed by atoms with Crippen LogP contribution in [0.4, 0.5) is 18.9 Å². The molecule has 0 saturated carbocycles. The first-order chi connectivity index (χ1) is 10.3. The maximum atomic E-state index is 13.0. The molecule has 0 atom stereocenters. The van der Waals surface area contributed by atoms with Crippen LogP contribution in [0, 0.1) is 17.0 Å². The number of benzene rings is 1. The molecule has 8 heteroatoms. The molecule has 116 valence electrons. The second kappa shape index (κ2) is 6.00. The Morgan fingerprint density at radius 2 is 2.00 bits per heavy atom. The van der Waals surface area contributed by atoms with Gasteiger partial charge in [-0.25, -0.2) is 0 Å². The van der Waals surface area contributed by atoms with Gasteiger partial charge < -0.3 is 4.74 Å². The van der Waals surface area contributed by atoms with Crippen LogP contribution in [0.1, 0.15) is 16.8 Å². The molecular weight excluding hydrogens is 301 g/mol. The molecule has 1 aromatic carbocycles. The van der Waals surface area contributed by atoms with E-state index in [0.29, 0.717) is 5.69 Å². The van der Waals surface area contributed by atoms with Gasteiger partial charge >= 0.3 is 6.18 Å². The van der Waals surface area contributed by atoms with Gasteiger partial charge in [-0.05, 0) is 25.1 Å². The number of halogens is 3. The molecule has 5 nitrogen and oxygen atoms in total. The number of nitrogens with zero attached hydrogens (tertiary/aromatic N) is 2. The van der Waals surface area contributed by atoms with Crippen LogP contribution in [0.5, 0.6) is 5.75 Å². The second-order valence-corrected chi connectivity index (χ2v) is 4.43. The molecule has 2 aromatic rings. The van der Waals surface area contributed by atoms with Crippen LogP contribution in [0.25, 0.3) is 0 Å². The van der Waals surface area contributed by atoms with Gasteiger partial charge in [-0.1, -0.05) is 6.07 Å². The molecule has 0 spiro atoms. The molecule has 22 heavy (non-hydrogen) atoms. The SMILES string of the molecule is Cc1ncccc1OCc1c([N+](=O)[O-])cccc1C(F)(F)F. The summed E-state index contributed by atoms with van der Waals surface area (Å²) in [4.78, 5) is 14.0.